The third-order valence-electron chi connectivity index (χ3n) is 2.89. The summed E-state index contributed by atoms with van der Waals surface area (Å²) in [7, 11) is -4.43. The number of sulfone groups is 1. The number of aromatic hydroxyl groups is 2. The van der Waals surface area contributed by atoms with Gasteiger partial charge in [0.1, 0.15) is 21.3 Å². The lowest BCUT2D eigenvalue weighted by Crippen LogP contribution is -2.04. The number of hydrogen-bond acceptors (Lipinski definition) is 8. The van der Waals surface area contributed by atoms with Crippen LogP contribution in [0.5, 0.6) is 11.5 Å². The molecule has 0 aromatic heterocycles. The number of nitro groups is 2. The summed E-state index contributed by atoms with van der Waals surface area (Å²) in [5.74, 6) is -1.76. The molecule has 2 aromatic rings. The molecule has 0 aliphatic rings. The monoisotopic (exact) mass is 340 g/mol. The zero-order valence-corrected chi connectivity index (χ0v) is 11.9. The number of nitro benzene ring substituents is 2. The Morgan fingerprint density at radius 2 is 1.13 bits per heavy atom. The lowest BCUT2D eigenvalue weighted by Gasteiger charge is -2.08. The van der Waals surface area contributed by atoms with Gasteiger partial charge in [0.15, 0.2) is 0 Å². The minimum absolute atomic E-state index is 0.519. The van der Waals surface area contributed by atoms with Crippen LogP contribution in [0.1, 0.15) is 0 Å². The van der Waals surface area contributed by atoms with E-state index in [0.717, 1.165) is 24.3 Å². The fourth-order valence-electron chi connectivity index (χ4n) is 1.81. The van der Waals surface area contributed by atoms with Crippen molar-refractivity contribution >= 4 is 21.2 Å². The highest BCUT2D eigenvalue weighted by Gasteiger charge is 2.27. The largest absolute Gasteiger partial charge is 0.506 e. The van der Waals surface area contributed by atoms with Crippen molar-refractivity contribution in [1.82, 2.24) is 0 Å². The summed E-state index contributed by atoms with van der Waals surface area (Å²) in [5.41, 5.74) is -1.04. The molecule has 0 bridgehead atoms. The van der Waals surface area contributed by atoms with Crippen molar-refractivity contribution in [2.45, 2.75) is 9.79 Å². The van der Waals surface area contributed by atoms with E-state index in [1.165, 1.54) is 0 Å². The normalized spacial score (nSPS) is 11.1. The van der Waals surface area contributed by atoms with Crippen molar-refractivity contribution in [1.29, 1.82) is 0 Å². The lowest BCUT2D eigenvalue weighted by molar-refractivity contribution is -0.385. The van der Waals surface area contributed by atoms with Crippen LogP contribution in [0.2, 0.25) is 0 Å². The Hall–Kier alpha value is -3.21. The molecule has 0 saturated carbocycles. The lowest BCUT2D eigenvalue weighted by atomic mass is 10.3. The summed E-state index contributed by atoms with van der Waals surface area (Å²) in [4.78, 5) is 18.2. The Morgan fingerprint density at radius 3 is 1.39 bits per heavy atom. The number of rotatable bonds is 4. The molecule has 0 amide bonds. The Bertz CT molecular complexity index is 853. The molecule has 0 saturated heterocycles. The first-order valence-corrected chi connectivity index (χ1v) is 7.33. The second-order valence-corrected chi connectivity index (χ2v) is 6.21. The molecule has 0 aliphatic heterocycles. The summed E-state index contributed by atoms with van der Waals surface area (Å²) in [6.07, 6.45) is 0. The molecule has 0 aliphatic carbocycles. The van der Waals surface area contributed by atoms with Crippen molar-refractivity contribution in [2.24, 2.45) is 0 Å². The van der Waals surface area contributed by atoms with Gasteiger partial charge < -0.3 is 10.2 Å². The van der Waals surface area contributed by atoms with Crippen LogP contribution in [0.15, 0.2) is 46.2 Å². The summed E-state index contributed by atoms with van der Waals surface area (Å²) in [5, 5.41) is 40.6. The fourth-order valence-corrected chi connectivity index (χ4v) is 3.21. The second kappa shape index (κ2) is 5.53. The standard InChI is InChI=1S/C12H8N2O8S/c15-9-5-7(13(17)18)1-3-11(9)23(21,22)12-4-2-8(14(19)20)6-10(12)16/h1-6,15-16H. The smallest absolute Gasteiger partial charge is 0.273 e. The van der Waals surface area contributed by atoms with Crippen LogP contribution in [0.25, 0.3) is 0 Å². The highest BCUT2D eigenvalue weighted by molar-refractivity contribution is 7.91. The van der Waals surface area contributed by atoms with E-state index >= 15 is 0 Å². The topological polar surface area (TPSA) is 161 Å². The molecule has 23 heavy (non-hydrogen) atoms. The highest BCUT2D eigenvalue weighted by atomic mass is 32.2. The predicted molar refractivity (Wildman–Crippen MR) is 75.0 cm³/mol. The maximum absolute atomic E-state index is 12.4. The van der Waals surface area contributed by atoms with Crippen LogP contribution in [0, 0.1) is 20.2 Å². The Balaban J connectivity index is 2.59. The van der Waals surface area contributed by atoms with Crippen molar-refractivity contribution in [3.63, 3.8) is 0 Å². The van der Waals surface area contributed by atoms with Gasteiger partial charge in [-0.3, -0.25) is 20.2 Å². The Labute approximate surface area is 128 Å². The van der Waals surface area contributed by atoms with Crippen LogP contribution >= 0.6 is 0 Å². The first-order chi connectivity index (χ1) is 10.6. The molecule has 0 fully saturated rings. The molecule has 2 aromatic carbocycles. The zero-order chi connectivity index (χ0) is 17.4. The first kappa shape index (κ1) is 16.2. The van der Waals surface area contributed by atoms with E-state index in [4.69, 9.17) is 0 Å². The molecule has 0 heterocycles. The van der Waals surface area contributed by atoms with Gasteiger partial charge >= 0.3 is 0 Å². The average molecular weight is 340 g/mol. The van der Waals surface area contributed by atoms with Crippen molar-refractivity contribution in [3.05, 3.63) is 56.6 Å². The van der Waals surface area contributed by atoms with Gasteiger partial charge in [-0.2, -0.15) is 0 Å². The fraction of sp³-hybridized carbons (Fsp3) is 0. The van der Waals surface area contributed by atoms with Gasteiger partial charge in [-0.25, -0.2) is 8.42 Å². The maximum Gasteiger partial charge on any atom is 0.273 e. The number of phenols is 2. The third-order valence-corrected chi connectivity index (χ3v) is 4.73. The third kappa shape index (κ3) is 2.89. The Kier molecular flexibility index (Phi) is 3.89. The molecule has 0 unspecified atom stereocenters. The molecular weight excluding hydrogens is 332 g/mol. The number of nitrogens with zero attached hydrogens (tertiary/aromatic N) is 2. The first-order valence-electron chi connectivity index (χ1n) is 5.84. The molecule has 2 rings (SSSR count). The summed E-state index contributed by atoms with van der Waals surface area (Å²) < 4.78 is 24.8. The minimum atomic E-state index is -4.43. The summed E-state index contributed by atoms with van der Waals surface area (Å²) >= 11 is 0. The molecule has 11 heteroatoms. The SMILES string of the molecule is O=[N+]([O-])c1ccc(S(=O)(=O)c2ccc([N+](=O)[O-])cc2O)c(O)c1. The molecule has 120 valence electrons. The number of non-ortho nitro benzene ring substituents is 2. The van der Waals surface area contributed by atoms with Crippen LogP contribution < -0.4 is 0 Å². The number of hydrogen-bond donors (Lipinski definition) is 2. The molecule has 0 atom stereocenters. The van der Waals surface area contributed by atoms with Crippen molar-refractivity contribution in [3.8, 4) is 11.5 Å². The molecule has 2 N–H and O–H groups in total. The van der Waals surface area contributed by atoms with E-state index in [2.05, 4.69) is 0 Å². The maximum atomic E-state index is 12.4. The van der Waals surface area contributed by atoms with Gasteiger partial charge in [0.2, 0.25) is 9.84 Å². The van der Waals surface area contributed by atoms with Gasteiger partial charge in [0.05, 0.1) is 22.0 Å². The van der Waals surface area contributed by atoms with E-state index in [9.17, 15) is 38.9 Å². The van der Waals surface area contributed by atoms with Gasteiger partial charge in [0, 0.05) is 12.1 Å². The van der Waals surface area contributed by atoms with Gasteiger partial charge in [0.25, 0.3) is 11.4 Å². The van der Waals surface area contributed by atoms with Crippen LogP contribution in [0.4, 0.5) is 11.4 Å². The molecule has 10 nitrogen and oxygen atoms in total. The van der Waals surface area contributed by atoms with Crippen molar-refractivity contribution in [2.75, 3.05) is 0 Å². The average Bonchev–Trinajstić information content (AvgIpc) is 2.46. The highest BCUT2D eigenvalue weighted by Crippen LogP contribution is 2.36. The Morgan fingerprint density at radius 1 is 0.783 bits per heavy atom. The van der Waals surface area contributed by atoms with Gasteiger partial charge in [-0.1, -0.05) is 0 Å². The van der Waals surface area contributed by atoms with E-state index in [0.29, 0.717) is 12.1 Å². The summed E-state index contributed by atoms with van der Waals surface area (Å²) in [6.45, 7) is 0. The number of phenolic OH excluding ortho intramolecular Hbond substituents is 2. The number of benzene rings is 2. The van der Waals surface area contributed by atoms with E-state index in [1.807, 2.05) is 0 Å². The van der Waals surface area contributed by atoms with Crippen LogP contribution in [0.3, 0.4) is 0 Å². The van der Waals surface area contributed by atoms with E-state index in [1.54, 1.807) is 0 Å². The van der Waals surface area contributed by atoms with E-state index in [-0.39, 0.29) is 0 Å². The quantitative estimate of drug-likeness (QED) is 0.628. The predicted octanol–water partition coefficient (Wildman–Crippen LogP) is 1.75. The van der Waals surface area contributed by atoms with Gasteiger partial charge in [-0.05, 0) is 12.1 Å². The van der Waals surface area contributed by atoms with Crippen LogP contribution in [-0.4, -0.2) is 28.5 Å². The zero-order valence-electron chi connectivity index (χ0n) is 11.1. The van der Waals surface area contributed by atoms with Crippen molar-refractivity contribution < 1.29 is 28.5 Å². The molecule has 0 spiro atoms. The molecular formula is C12H8N2O8S. The summed E-state index contributed by atoms with van der Waals surface area (Å²) in [6, 6.07) is 4.65. The van der Waals surface area contributed by atoms with Gasteiger partial charge in [-0.15, -0.1) is 0 Å². The molecule has 0 radical (unpaired) electrons. The minimum Gasteiger partial charge on any atom is -0.506 e. The van der Waals surface area contributed by atoms with E-state index < -0.39 is 52.3 Å². The van der Waals surface area contributed by atoms with Crippen LogP contribution in [-0.2, 0) is 9.84 Å². The second-order valence-electron chi connectivity index (χ2n) is 4.32.